The van der Waals surface area contributed by atoms with Gasteiger partial charge in [0.15, 0.2) is 0 Å². The van der Waals surface area contributed by atoms with E-state index in [1.54, 1.807) is 25.1 Å². The largest absolute Gasteiger partial charge is 0.336 e. The molecule has 1 fully saturated rings. The van der Waals surface area contributed by atoms with Gasteiger partial charge < -0.3 is 4.90 Å². The minimum absolute atomic E-state index is 0.0507. The average molecular weight is 401 g/mol. The van der Waals surface area contributed by atoms with Gasteiger partial charge in [0, 0.05) is 24.7 Å². The Bertz CT molecular complexity index is 952. The van der Waals surface area contributed by atoms with E-state index in [0.717, 1.165) is 36.1 Å². The number of piperidine rings is 1. The molecule has 2 aromatic rings. The Labute approximate surface area is 167 Å². The summed E-state index contributed by atoms with van der Waals surface area (Å²) >= 11 is 0. The summed E-state index contributed by atoms with van der Waals surface area (Å²) in [7, 11) is -3.59. The fourth-order valence-corrected chi connectivity index (χ4v) is 4.93. The predicted molar refractivity (Wildman–Crippen MR) is 111 cm³/mol. The number of nitrogens with zero attached hydrogens (tertiary/aromatic N) is 1. The van der Waals surface area contributed by atoms with Crippen LogP contribution in [0.25, 0.3) is 0 Å². The van der Waals surface area contributed by atoms with Crippen molar-refractivity contribution >= 4 is 15.9 Å². The quantitative estimate of drug-likeness (QED) is 0.830. The van der Waals surface area contributed by atoms with Crippen LogP contribution in [0.2, 0.25) is 0 Å². The maximum atomic E-state index is 12.7. The van der Waals surface area contributed by atoms with Crippen LogP contribution >= 0.6 is 0 Å². The number of amides is 1. The summed E-state index contributed by atoms with van der Waals surface area (Å²) in [4.78, 5) is 14.9. The lowest BCUT2D eigenvalue weighted by molar-refractivity contribution is 0.0635. The Balaban J connectivity index is 1.67. The van der Waals surface area contributed by atoms with Gasteiger partial charge in [0.1, 0.15) is 0 Å². The van der Waals surface area contributed by atoms with Crippen molar-refractivity contribution in [2.45, 2.75) is 57.5 Å². The second-order valence-electron chi connectivity index (χ2n) is 7.63. The molecule has 6 heteroatoms. The first-order valence-corrected chi connectivity index (χ1v) is 11.2. The molecule has 150 valence electrons. The number of aryl methyl sites for hydroxylation is 2. The van der Waals surface area contributed by atoms with Crippen molar-refractivity contribution in [1.29, 1.82) is 0 Å². The molecule has 5 nitrogen and oxygen atoms in total. The zero-order valence-corrected chi connectivity index (χ0v) is 17.6. The van der Waals surface area contributed by atoms with Crippen LogP contribution in [-0.4, -0.2) is 31.8 Å². The number of rotatable bonds is 5. The highest BCUT2D eigenvalue weighted by atomic mass is 32.2. The molecular weight excluding hydrogens is 372 g/mol. The van der Waals surface area contributed by atoms with Gasteiger partial charge in [-0.2, -0.15) is 0 Å². The Kier molecular flexibility index (Phi) is 6.20. The van der Waals surface area contributed by atoms with Crippen LogP contribution in [0, 0.1) is 13.8 Å². The van der Waals surface area contributed by atoms with Crippen molar-refractivity contribution in [3.05, 3.63) is 64.7 Å². The van der Waals surface area contributed by atoms with E-state index in [-0.39, 0.29) is 18.5 Å². The molecule has 0 unspecified atom stereocenters. The minimum Gasteiger partial charge on any atom is -0.336 e. The number of hydrogen-bond donors (Lipinski definition) is 1. The summed E-state index contributed by atoms with van der Waals surface area (Å²) in [6.45, 7) is 6.74. The summed E-state index contributed by atoms with van der Waals surface area (Å²) in [6, 6.07) is 12.8. The number of likely N-dealkylation sites (tertiary alicyclic amines) is 1. The standard InChI is InChI=1S/C22H28N2O3S/c1-16-7-8-17(2)21(14-16)28(26,27)23-15-19-9-11-20(12-10-19)22(25)24-13-5-4-6-18(24)3/h7-12,14,18,23H,4-6,13,15H2,1-3H3/t18-/m1/s1. The van der Waals surface area contributed by atoms with Gasteiger partial charge in [-0.25, -0.2) is 13.1 Å². The van der Waals surface area contributed by atoms with E-state index in [1.165, 1.54) is 6.42 Å². The molecule has 1 heterocycles. The van der Waals surface area contributed by atoms with Gasteiger partial charge >= 0.3 is 0 Å². The fraction of sp³-hybridized carbons (Fsp3) is 0.409. The van der Waals surface area contributed by atoms with Gasteiger partial charge in [0.05, 0.1) is 4.90 Å². The molecule has 0 bridgehead atoms. The van der Waals surface area contributed by atoms with Crippen LogP contribution in [0.15, 0.2) is 47.4 Å². The number of carbonyl (C=O) groups excluding carboxylic acids is 1. The van der Waals surface area contributed by atoms with Crippen molar-refractivity contribution in [3.63, 3.8) is 0 Å². The maximum Gasteiger partial charge on any atom is 0.254 e. The average Bonchev–Trinajstić information content (AvgIpc) is 2.68. The first-order valence-electron chi connectivity index (χ1n) is 9.75. The number of carbonyl (C=O) groups is 1. The fourth-order valence-electron chi connectivity index (χ4n) is 3.58. The van der Waals surface area contributed by atoms with E-state index in [4.69, 9.17) is 0 Å². The molecule has 0 aromatic heterocycles. The van der Waals surface area contributed by atoms with Crippen molar-refractivity contribution < 1.29 is 13.2 Å². The summed E-state index contributed by atoms with van der Waals surface area (Å²) in [6.07, 6.45) is 3.27. The third-order valence-corrected chi connectivity index (χ3v) is 6.91. The molecule has 1 aliphatic rings. The molecule has 0 radical (unpaired) electrons. The van der Waals surface area contributed by atoms with Crippen molar-refractivity contribution in [1.82, 2.24) is 9.62 Å². The first-order chi connectivity index (χ1) is 13.3. The minimum atomic E-state index is -3.59. The van der Waals surface area contributed by atoms with Gasteiger partial charge in [0.2, 0.25) is 10.0 Å². The smallest absolute Gasteiger partial charge is 0.254 e. The van der Waals surface area contributed by atoms with E-state index in [0.29, 0.717) is 10.5 Å². The highest BCUT2D eigenvalue weighted by Gasteiger charge is 2.24. The van der Waals surface area contributed by atoms with Gasteiger partial charge in [-0.1, -0.05) is 24.3 Å². The third-order valence-electron chi connectivity index (χ3n) is 5.36. The first kappa shape index (κ1) is 20.6. The van der Waals surface area contributed by atoms with Crippen LogP contribution < -0.4 is 4.72 Å². The van der Waals surface area contributed by atoms with E-state index in [2.05, 4.69) is 11.6 Å². The van der Waals surface area contributed by atoms with Gasteiger partial charge in [0.25, 0.3) is 5.91 Å². The number of benzene rings is 2. The van der Waals surface area contributed by atoms with E-state index >= 15 is 0 Å². The third kappa shape index (κ3) is 4.62. The maximum absolute atomic E-state index is 12.7. The molecule has 1 aliphatic heterocycles. The lowest BCUT2D eigenvalue weighted by atomic mass is 10.0. The lowest BCUT2D eigenvalue weighted by Gasteiger charge is -2.33. The van der Waals surface area contributed by atoms with Gasteiger partial charge in [-0.05, 0) is 74.9 Å². The highest BCUT2D eigenvalue weighted by molar-refractivity contribution is 7.89. The molecule has 28 heavy (non-hydrogen) atoms. The Morgan fingerprint density at radius 3 is 2.50 bits per heavy atom. The zero-order chi connectivity index (χ0) is 20.3. The Hall–Kier alpha value is -2.18. The van der Waals surface area contributed by atoms with Crippen molar-refractivity contribution in [2.75, 3.05) is 6.54 Å². The van der Waals surface area contributed by atoms with Crippen LogP contribution in [0.4, 0.5) is 0 Å². The van der Waals surface area contributed by atoms with Gasteiger partial charge in [-0.3, -0.25) is 4.79 Å². The predicted octanol–water partition coefficient (Wildman–Crippen LogP) is 3.80. The summed E-state index contributed by atoms with van der Waals surface area (Å²) in [5.41, 5.74) is 3.09. The monoisotopic (exact) mass is 400 g/mol. The van der Waals surface area contributed by atoms with E-state index in [1.807, 2.05) is 36.1 Å². The second kappa shape index (κ2) is 8.45. The van der Waals surface area contributed by atoms with E-state index < -0.39 is 10.0 Å². The molecule has 1 N–H and O–H groups in total. The van der Waals surface area contributed by atoms with Crippen LogP contribution in [0.1, 0.15) is 53.2 Å². The normalized spacial score (nSPS) is 17.5. The summed E-state index contributed by atoms with van der Waals surface area (Å²) in [5.74, 6) is 0.0507. The number of hydrogen-bond acceptors (Lipinski definition) is 3. The number of sulfonamides is 1. The molecular formula is C22H28N2O3S. The van der Waals surface area contributed by atoms with Crippen LogP contribution in [-0.2, 0) is 16.6 Å². The molecule has 1 atom stereocenters. The van der Waals surface area contributed by atoms with Crippen molar-refractivity contribution in [3.8, 4) is 0 Å². The Morgan fingerprint density at radius 1 is 1.11 bits per heavy atom. The second-order valence-corrected chi connectivity index (χ2v) is 9.37. The van der Waals surface area contributed by atoms with Crippen molar-refractivity contribution in [2.24, 2.45) is 0 Å². The highest BCUT2D eigenvalue weighted by Crippen LogP contribution is 2.20. The van der Waals surface area contributed by atoms with Gasteiger partial charge in [-0.15, -0.1) is 0 Å². The SMILES string of the molecule is Cc1ccc(C)c(S(=O)(=O)NCc2ccc(C(=O)N3CCCC[C@H]3C)cc2)c1. The topological polar surface area (TPSA) is 66.5 Å². The molecule has 0 aliphatic carbocycles. The molecule has 1 amide bonds. The molecule has 0 saturated carbocycles. The summed E-state index contributed by atoms with van der Waals surface area (Å²) in [5, 5.41) is 0. The van der Waals surface area contributed by atoms with E-state index in [9.17, 15) is 13.2 Å². The lowest BCUT2D eigenvalue weighted by Crippen LogP contribution is -2.42. The zero-order valence-electron chi connectivity index (χ0n) is 16.7. The summed E-state index contributed by atoms with van der Waals surface area (Å²) < 4.78 is 27.9. The number of nitrogens with one attached hydrogen (secondary N) is 1. The van der Waals surface area contributed by atoms with Crippen LogP contribution in [0.3, 0.4) is 0 Å². The molecule has 2 aromatic carbocycles. The molecule has 1 saturated heterocycles. The molecule has 3 rings (SSSR count). The molecule has 0 spiro atoms. The van der Waals surface area contributed by atoms with Crippen LogP contribution in [0.5, 0.6) is 0 Å². The Morgan fingerprint density at radius 2 is 1.82 bits per heavy atom.